The quantitative estimate of drug-likeness (QED) is 0.560. The molecule has 0 aliphatic carbocycles. The predicted molar refractivity (Wildman–Crippen MR) is 33.0 cm³/mol. The van der Waals surface area contributed by atoms with E-state index in [0.29, 0.717) is 0 Å². The van der Waals surface area contributed by atoms with Gasteiger partial charge in [-0.15, -0.1) is 37.2 Å². The van der Waals surface area contributed by atoms with Crippen molar-refractivity contribution in [3.8, 4) is 0 Å². The van der Waals surface area contributed by atoms with E-state index in [2.05, 4.69) is 0 Å². The number of halogens is 3. The molecule has 0 saturated carbocycles. The summed E-state index contributed by atoms with van der Waals surface area (Å²) in [4.78, 5) is 7.04. The first-order valence-corrected chi connectivity index (χ1v) is 1.28. The minimum absolute atomic E-state index is 0. The second-order valence-electron chi connectivity index (χ2n) is 0.0913. The third kappa shape index (κ3) is 88.0. The summed E-state index contributed by atoms with van der Waals surface area (Å²) < 4.78 is 8.51. The van der Waals surface area contributed by atoms with Gasteiger partial charge in [0.1, 0.15) is 0 Å². The van der Waals surface area contributed by atoms with Crippen LogP contribution in [0.1, 0.15) is 0 Å². The van der Waals surface area contributed by atoms with Gasteiger partial charge in [0.25, 0.3) is 0 Å². The summed E-state index contributed by atoms with van der Waals surface area (Å²) in [5.74, 6) is 0. The van der Waals surface area contributed by atoms with Crippen molar-refractivity contribution in [3.63, 3.8) is 0 Å². The fourth-order valence-corrected chi connectivity index (χ4v) is 0. The summed E-state index contributed by atoms with van der Waals surface area (Å²) in [6.45, 7) is 0. The van der Waals surface area contributed by atoms with Gasteiger partial charge in [-0.3, -0.25) is 0 Å². The van der Waals surface area contributed by atoms with E-state index in [0.717, 1.165) is 0 Å². The van der Waals surface area contributed by atoms with E-state index in [4.69, 9.17) is 9.46 Å². The van der Waals surface area contributed by atoms with Crippen LogP contribution in [0.25, 0.3) is 0 Å². The molecule has 1 atom stereocenters. The lowest BCUT2D eigenvalue weighted by molar-refractivity contribution is 0.524. The van der Waals surface area contributed by atoms with Crippen LogP contribution in [-0.2, 0) is 4.57 Å². The number of rotatable bonds is 0. The highest BCUT2D eigenvalue weighted by Crippen LogP contribution is 1.66. The van der Waals surface area contributed by atoms with E-state index in [1.165, 1.54) is 0 Å². The molecule has 0 heterocycles. The summed E-state index contributed by atoms with van der Waals surface area (Å²) in [5.41, 5.74) is 0. The maximum Gasteiger partial charge on any atom is 0.491 e. The molecule has 1 N–H and O–H groups in total. The molecule has 0 aromatic rings. The van der Waals surface area contributed by atoms with E-state index in [-0.39, 0.29) is 37.2 Å². The summed E-state index contributed by atoms with van der Waals surface area (Å²) >= 11 is 0. The van der Waals surface area contributed by atoms with Crippen molar-refractivity contribution in [1.29, 1.82) is 0 Å². The summed E-state index contributed by atoms with van der Waals surface area (Å²) in [7, 11) is -1.17. The highest BCUT2D eigenvalue weighted by Gasteiger charge is 1.45. The van der Waals surface area contributed by atoms with Crippen LogP contribution in [0.4, 0.5) is 0 Å². The fraction of sp³-hybridized carbons (Fsp3) is 0. The molecule has 0 radical (unpaired) electrons. The summed E-state index contributed by atoms with van der Waals surface area (Å²) in [6, 6.07) is 0. The van der Waals surface area contributed by atoms with Crippen LogP contribution >= 0.6 is 45.9 Å². The van der Waals surface area contributed by atoms with Crippen LogP contribution < -0.4 is 0 Å². The molecule has 1 unspecified atom stereocenters. The SMILES string of the molecule is Cl.Cl.Cl.O=[PH+]O. The topological polar surface area (TPSA) is 37.3 Å². The Morgan fingerprint density at radius 2 is 1.17 bits per heavy atom. The Morgan fingerprint density at radius 1 is 1.17 bits per heavy atom. The van der Waals surface area contributed by atoms with Crippen molar-refractivity contribution in [2.45, 2.75) is 0 Å². The first-order valence-electron chi connectivity index (χ1n) is 0.428. The molecule has 0 rings (SSSR count). The maximum absolute atomic E-state index is 8.51. The lowest BCUT2D eigenvalue weighted by atomic mass is 15.9. The van der Waals surface area contributed by atoms with Crippen molar-refractivity contribution >= 4 is 45.9 Å². The number of hydrogen-bond acceptors (Lipinski definition) is 1. The highest BCUT2D eigenvalue weighted by atomic mass is 35.5. The van der Waals surface area contributed by atoms with E-state index in [9.17, 15) is 0 Å². The van der Waals surface area contributed by atoms with Crippen LogP contribution in [-0.4, -0.2) is 4.89 Å². The Bertz CT molecular complexity index is 16.3. The Labute approximate surface area is 55.8 Å². The molecule has 2 nitrogen and oxygen atoms in total. The Morgan fingerprint density at radius 3 is 1.17 bits per heavy atom. The molecular formula is H5Cl3O2P+. The van der Waals surface area contributed by atoms with E-state index >= 15 is 0 Å². The van der Waals surface area contributed by atoms with Crippen molar-refractivity contribution in [1.82, 2.24) is 0 Å². The van der Waals surface area contributed by atoms with Crippen molar-refractivity contribution < 1.29 is 9.46 Å². The monoisotopic (exact) mass is 173 g/mol. The van der Waals surface area contributed by atoms with Gasteiger partial charge < -0.3 is 0 Å². The zero-order valence-corrected chi connectivity index (χ0v) is 6.03. The van der Waals surface area contributed by atoms with E-state index in [1.54, 1.807) is 0 Å². The van der Waals surface area contributed by atoms with Crippen LogP contribution in [0.15, 0.2) is 0 Å². The Balaban J connectivity index is -0.00000000667. The third-order valence-electron chi connectivity index (χ3n) is 0. The van der Waals surface area contributed by atoms with Gasteiger partial charge in [0, 0.05) is 0 Å². The highest BCUT2D eigenvalue weighted by molar-refractivity contribution is 7.16. The van der Waals surface area contributed by atoms with Crippen LogP contribution in [0.5, 0.6) is 0 Å². The van der Waals surface area contributed by atoms with Crippen LogP contribution in [0.2, 0.25) is 0 Å². The van der Waals surface area contributed by atoms with Crippen molar-refractivity contribution in [2.24, 2.45) is 0 Å². The molecular weight excluding hydrogens is 169 g/mol. The van der Waals surface area contributed by atoms with Gasteiger partial charge in [-0.1, -0.05) is 0 Å². The van der Waals surface area contributed by atoms with Crippen molar-refractivity contribution in [2.75, 3.05) is 0 Å². The van der Waals surface area contributed by atoms with Gasteiger partial charge in [0.05, 0.1) is 0 Å². The Hall–Kier alpha value is 0.930. The minimum Gasteiger partial charge on any atom is -0.162 e. The fourth-order valence-electron chi connectivity index (χ4n) is 0. The van der Waals surface area contributed by atoms with Crippen LogP contribution in [0.3, 0.4) is 0 Å². The minimum atomic E-state index is -1.17. The maximum atomic E-state index is 8.51. The molecule has 6 heteroatoms. The zero-order chi connectivity index (χ0) is 2.71. The normalized spacial score (nSPS) is 3.50. The second-order valence-corrected chi connectivity index (χ2v) is 0.274. The molecule has 0 bridgehead atoms. The molecule has 0 aliphatic heterocycles. The van der Waals surface area contributed by atoms with E-state index in [1.807, 2.05) is 0 Å². The molecule has 6 heavy (non-hydrogen) atoms. The van der Waals surface area contributed by atoms with Gasteiger partial charge in [-0.25, -0.2) is 0 Å². The lowest BCUT2D eigenvalue weighted by Gasteiger charge is -1.08. The Kier molecular flexibility index (Phi) is 183. The van der Waals surface area contributed by atoms with Crippen molar-refractivity contribution in [3.05, 3.63) is 0 Å². The van der Waals surface area contributed by atoms with Gasteiger partial charge in [0.2, 0.25) is 0 Å². The number of hydrogen-bond donors (Lipinski definition) is 1. The molecule has 0 aromatic carbocycles. The predicted octanol–water partition coefficient (Wildman–Crippen LogP) is 1.18. The lowest BCUT2D eigenvalue weighted by Crippen LogP contribution is -1.03. The van der Waals surface area contributed by atoms with E-state index < -0.39 is 8.69 Å². The molecule has 0 amide bonds. The average molecular weight is 174 g/mol. The molecule has 0 aromatic heterocycles. The zero-order valence-electron chi connectivity index (χ0n) is 2.58. The summed E-state index contributed by atoms with van der Waals surface area (Å²) in [5, 5.41) is 0. The first-order chi connectivity index (χ1) is 1.41. The first kappa shape index (κ1) is 28.4. The molecule has 42 valence electrons. The molecule has 0 saturated heterocycles. The summed E-state index contributed by atoms with van der Waals surface area (Å²) in [6.07, 6.45) is 0. The molecule has 0 aliphatic rings. The van der Waals surface area contributed by atoms with Gasteiger partial charge in [-0.2, -0.15) is 4.89 Å². The second kappa shape index (κ2) is 38.7. The largest absolute Gasteiger partial charge is 0.491 e. The van der Waals surface area contributed by atoms with Gasteiger partial charge in [-0.05, 0) is 4.57 Å². The standard InChI is InChI=1S/3ClH.HO2P/c;;;1-3-2/h3*1H;3H/p+1. The molecule has 0 fully saturated rings. The van der Waals surface area contributed by atoms with Gasteiger partial charge >= 0.3 is 8.69 Å². The third-order valence-corrected chi connectivity index (χ3v) is 0. The molecule has 0 spiro atoms. The average Bonchev–Trinajstić information content (AvgIpc) is 0.918. The smallest absolute Gasteiger partial charge is 0.162 e. The van der Waals surface area contributed by atoms with Crippen LogP contribution in [0, 0.1) is 0 Å². The van der Waals surface area contributed by atoms with Gasteiger partial charge in [0.15, 0.2) is 0 Å².